The standard InChI is InChI=1S/C22H29N3O2/c1-17-6-5-7-19(16-17)24-12-14-25(15-13-24)21(26)23-22(2,3)18-8-10-20(27-4)11-9-18/h5-11,16H,12-15H2,1-4H3,(H,23,26). The van der Waals surface area contributed by atoms with Crippen LogP contribution in [0.3, 0.4) is 0 Å². The molecule has 0 atom stereocenters. The summed E-state index contributed by atoms with van der Waals surface area (Å²) < 4.78 is 5.21. The van der Waals surface area contributed by atoms with Gasteiger partial charge in [0.2, 0.25) is 0 Å². The van der Waals surface area contributed by atoms with Crippen LogP contribution in [-0.2, 0) is 5.54 Å². The average molecular weight is 367 g/mol. The van der Waals surface area contributed by atoms with Gasteiger partial charge in [-0.3, -0.25) is 0 Å². The van der Waals surface area contributed by atoms with Crippen LogP contribution in [0.1, 0.15) is 25.0 Å². The van der Waals surface area contributed by atoms with E-state index in [0.717, 1.165) is 37.5 Å². The Bertz CT molecular complexity index is 778. The number of aryl methyl sites for hydroxylation is 1. The molecule has 5 heteroatoms. The zero-order valence-corrected chi connectivity index (χ0v) is 16.7. The highest BCUT2D eigenvalue weighted by Gasteiger charge is 2.27. The number of methoxy groups -OCH3 is 1. The minimum atomic E-state index is -0.447. The topological polar surface area (TPSA) is 44.8 Å². The van der Waals surface area contributed by atoms with E-state index in [1.165, 1.54) is 11.3 Å². The Morgan fingerprint density at radius 1 is 1.04 bits per heavy atom. The van der Waals surface area contributed by atoms with Gasteiger partial charge in [-0.15, -0.1) is 0 Å². The summed E-state index contributed by atoms with van der Waals surface area (Å²) in [7, 11) is 1.65. The molecule has 2 aromatic carbocycles. The maximum absolute atomic E-state index is 12.8. The van der Waals surface area contributed by atoms with E-state index in [1.54, 1.807) is 7.11 Å². The molecule has 1 fully saturated rings. The van der Waals surface area contributed by atoms with Crippen LogP contribution in [-0.4, -0.2) is 44.2 Å². The number of anilines is 1. The lowest BCUT2D eigenvalue weighted by Gasteiger charge is -2.38. The monoisotopic (exact) mass is 367 g/mol. The lowest BCUT2D eigenvalue weighted by atomic mass is 9.94. The molecule has 27 heavy (non-hydrogen) atoms. The minimum absolute atomic E-state index is 0.0142. The van der Waals surface area contributed by atoms with Crippen LogP contribution in [0.4, 0.5) is 10.5 Å². The van der Waals surface area contributed by atoms with E-state index in [2.05, 4.69) is 41.4 Å². The van der Waals surface area contributed by atoms with E-state index < -0.39 is 5.54 Å². The number of carbonyl (C=O) groups excluding carboxylic acids is 1. The zero-order valence-electron chi connectivity index (χ0n) is 16.7. The number of piperazine rings is 1. The van der Waals surface area contributed by atoms with Crippen molar-refractivity contribution in [1.29, 1.82) is 0 Å². The van der Waals surface area contributed by atoms with Gasteiger partial charge < -0.3 is 19.9 Å². The van der Waals surface area contributed by atoms with E-state index in [9.17, 15) is 4.79 Å². The molecule has 2 aromatic rings. The highest BCUT2D eigenvalue weighted by atomic mass is 16.5. The fraction of sp³-hybridized carbons (Fsp3) is 0.409. The fourth-order valence-corrected chi connectivity index (χ4v) is 3.42. The Morgan fingerprint density at radius 2 is 1.70 bits per heavy atom. The molecule has 0 aliphatic carbocycles. The van der Waals surface area contributed by atoms with Crippen molar-refractivity contribution in [1.82, 2.24) is 10.2 Å². The molecule has 1 aliphatic rings. The quantitative estimate of drug-likeness (QED) is 0.895. The Morgan fingerprint density at radius 3 is 2.30 bits per heavy atom. The number of carbonyl (C=O) groups is 1. The molecule has 2 amide bonds. The second kappa shape index (κ2) is 7.91. The van der Waals surface area contributed by atoms with Gasteiger partial charge >= 0.3 is 6.03 Å². The van der Waals surface area contributed by atoms with E-state index >= 15 is 0 Å². The van der Waals surface area contributed by atoms with Crippen molar-refractivity contribution in [3.8, 4) is 5.75 Å². The highest BCUT2D eigenvalue weighted by molar-refractivity contribution is 5.75. The maximum atomic E-state index is 12.8. The summed E-state index contributed by atoms with van der Waals surface area (Å²) in [5, 5.41) is 3.17. The van der Waals surface area contributed by atoms with Crippen molar-refractivity contribution < 1.29 is 9.53 Å². The number of benzene rings is 2. The summed E-state index contributed by atoms with van der Waals surface area (Å²) >= 11 is 0. The molecule has 0 radical (unpaired) electrons. The first-order valence-corrected chi connectivity index (χ1v) is 9.42. The van der Waals surface area contributed by atoms with Crippen molar-refractivity contribution in [3.63, 3.8) is 0 Å². The molecule has 3 rings (SSSR count). The van der Waals surface area contributed by atoms with Crippen molar-refractivity contribution in [2.24, 2.45) is 0 Å². The molecule has 0 aromatic heterocycles. The van der Waals surface area contributed by atoms with Gasteiger partial charge in [0.05, 0.1) is 12.6 Å². The lowest BCUT2D eigenvalue weighted by Crippen LogP contribution is -2.55. The number of nitrogens with zero attached hydrogens (tertiary/aromatic N) is 2. The Labute approximate surface area is 161 Å². The number of ether oxygens (including phenoxy) is 1. The van der Waals surface area contributed by atoms with E-state index in [4.69, 9.17) is 4.74 Å². The summed E-state index contributed by atoms with van der Waals surface area (Å²) in [6, 6.07) is 16.3. The maximum Gasteiger partial charge on any atom is 0.318 e. The zero-order chi connectivity index (χ0) is 19.4. The summed E-state index contributed by atoms with van der Waals surface area (Å²) in [6.45, 7) is 9.29. The van der Waals surface area contributed by atoms with Crippen LogP contribution in [0.2, 0.25) is 0 Å². The predicted molar refractivity (Wildman–Crippen MR) is 110 cm³/mol. The fourth-order valence-electron chi connectivity index (χ4n) is 3.42. The van der Waals surface area contributed by atoms with Gasteiger partial charge in [0.25, 0.3) is 0 Å². The molecular formula is C22H29N3O2. The van der Waals surface area contributed by atoms with Crippen LogP contribution < -0.4 is 15.0 Å². The normalized spacial score (nSPS) is 14.8. The highest BCUT2D eigenvalue weighted by Crippen LogP contribution is 2.23. The molecule has 1 N–H and O–H groups in total. The smallest absolute Gasteiger partial charge is 0.318 e. The molecule has 0 bridgehead atoms. The van der Waals surface area contributed by atoms with E-state index in [1.807, 2.05) is 43.0 Å². The predicted octanol–water partition coefficient (Wildman–Crippen LogP) is 3.77. The van der Waals surface area contributed by atoms with Crippen LogP contribution in [0.15, 0.2) is 48.5 Å². The average Bonchev–Trinajstić information content (AvgIpc) is 2.68. The number of hydrogen-bond acceptors (Lipinski definition) is 3. The van der Waals surface area contributed by atoms with Gasteiger partial charge in [-0.2, -0.15) is 0 Å². The van der Waals surface area contributed by atoms with E-state index in [0.29, 0.717) is 0 Å². The molecule has 1 heterocycles. The first-order chi connectivity index (χ1) is 12.9. The third-order valence-corrected chi connectivity index (χ3v) is 5.16. The largest absolute Gasteiger partial charge is 0.497 e. The summed E-state index contributed by atoms with van der Waals surface area (Å²) in [5.74, 6) is 0.813. The van der Waals surface area contributed by atoms with Crippen LogP contribution in [0.25, 0.3) is 0 Å². The molecule has 0 saturated carbocycles. The third-order valence-electron chi connectivity index (χ3n) is 5.16. The summed E-state index contributed by atoms with van der Waals surface area (Å²) in [4.78, 5) is 17.0. The SMILES string of the molecule is COc1ccc(C(C)(C)NC(=O)N2CCN(c3cccc(C)c3)CC2)cc1. The first-order valence-electron chi connectivity index (χ1n) is 9.42. The Hall–Kier alpha value is -2.69. The van der Waals surface area contributed by atoms with Gasteiger partial charge in [-0.05, 0) is 56.2 Å². The molecule has 144 valence electrons. The number of urea groups is 1. The summed E-state index contributed by atoms with van der Waals surface area (Å²) in [6.07, 6.45) is 0. The van der Waals surface area contributed by atoms with Crippen molar-refractivity contribution >= 4 is 11.7 Å². The molecule has 0 unspecified atom stereocenters. The Kier molecular flexibility index (Phi) is 5.59. The molecule has 1 aliphatic heterocycles. The summed E-state index contributed by atoms with van der Waals surface area (Å²) in [5.41, 5.74) is 3.09. The molecule has 0 spiro atoms. The van der Waals surface area contributed by atoms with Crippen LogP contribution >= 0.6 is 0 Å². The Balaban J connectivity index is 1.58. The number of amides is 2. The van der Waals surface area contributed by atoms with Crippen molar-refractivity contribution in [2.45, 2.75) is 26.3 Å². The van der Waals surface area contributed by atoms with E-state index in [-0.39, 0.29) is 6.03 Å². The molecule has 1 saturated heterocycles. The van der Waals surface area contributed by atoms with Crippen LogP contribution in [0, 0.1) is 6.92 Å². The van der Waals surface area contributed by atoms with Gasteiger partial charge in [0.15, 0.2) is 0 Å². The van der Waals surface area contributed by atoms with Crippen molar-refractivity contribution in [3.05, 3.63) is 59.7 Å². The van der Waals surface area contributed by atoms with Gasteiger partial charge in [0, 0.05) is 31.9 Å². The minimum Gasteiger partial charge on any atom is -0.497 e. The number of nitrogens with one attached hydrogen (secondary N) is 1. The second-order valence-electron chi connectivity index (χ2n) is 7.60. The van der Waals surface area contributed by atoms with Crippen molar-refractivity contribution in [2.75, 3.05) is 38.2 Å². The van der Waals surface area contributed by atoms with Gasteiger partial charge in [-0.25, -0.2) is 4.79 Å². The number of hydrogen-bond donors (Lipinski definition) is 1. The second-order valence-corrected chi connectivity index (χ2v) is 7.60. The van der Waals surface area contributed by atoms with Gasteiger partial charge in [0.1, 0.15) is 5.75 Å². The number of rotatable bonds is 4. The molecule has 5 nitrogen and oxygen atoms in total. The lowest BCUT2D eigenvalue weighted by molar-refractivity contribution is 0.183. The third kappa shape index (κ3) is 4.54. The first kappa shape index (κ1) is 19.1. The molecular weight excluding hydrogens is 338 g/mol. The van der Waals surface area contributed by atoms with Gasteiger partial charge in [-0.1, -0.05) is 24.3 Å². The van der Waals surface area contributed by atoms with Crippen LogP contribution in [0.5, 0.6) is 5.75 Å².